The molecule has 0 radical (unpaired) electrons. The van der Waals surface area contributed by atoms with Gasteiger partial charge in [0, 0.05) is 0 Å². The SMILES string of the molecule is CCCOc1ccc(C(C)(C)C)cc1S(=O)(=O)n1nnc2ccccc21. The van der Waals surface area contributed by atoms with Crippen LogP contribution in [-0.2, 0) is 15.4 Å². The van der Waals surface area contributed by atoms with E-state index in [1.165, 1.54) is 0 Å². The molecule has 3 rings (SSSR count). The van der Waals surface area contributed by atoms with E-state index < -0.39 is 10.0 Å². The predicted molar refractivity (Wildman–Crippen MR) is 101 cm³/mol. The van der Waals surface area contributed by atoms with Gasteiger partial charge in [-0.15, -0.1) is 9.19 Å². The standard InChI is InChI=1S/C19H23N3O3S/c1-5-12-25-17-11-10-14(19(2,3)4)13-18(17)26(23,24)22-16-9-7-6-8-15(16)20-21-22/h6-11,13H,5,12H2,1-4H3. The van der Waals surface area contributed by atoms with Gasteiger partial charge in [-0.2, -0.15) is 8.42 Å². The highest BCUT2D eigenvalue weighted by Gasteiger charge is 2.27. The van der Waals surface area contributed by atoms with Crippen LogP contribution in [0.15, 0.2) is 47.4 Å². The molecule has 3 aromatic rings. The molecule has 138 valence electrons. The molecule has 0 unspecified atom stereocenters. The molecular weight excluding hydrogens is 350 g/mol. The van der Waals surface area contributed by atoms with Crippen LogP contribution >= 0.6 is 0 Å². The third kappa shape index (κ3) is 3.31. The molecule has 2 aromatic carbocycles. The maximum atomic E-state index is 13.4. The first-order chi connectivity index (χ1) is 12.2. The van der Waals surface area contributed by atoms with E-state index in [1.54, 1.807) is 36.4 Å². The molecule has 0 bridgehead atoms. The monoisotopic (exact) mass is 373 g/mol. The van der Waals surface area contributed by atoms with Gasteiger partial charge in [0.05, 0.1) is 6.61 Å². The van der Waals surface area contributed by atoms with Crippen molar-refractivity contribution in [1.29, 1.82) is 0 Å². The Morgan fingerprint density at radius 1 is 1.12 bits per heavy atom. The van der Waals surface area contributed by atoms with Crippen LogP contribution in [0.2, 0.25) is 0 Å². The van der Waals surface area contributed by atoms with Crippen LogP contribution in [0.3, 0.4) is 0 Å². The van der Waals surface area contributed by atoms with Crippen molar-refractivity contribution in [2.45, 2.75) is 44.4 Å². The molecule has 0 N–H and O–H groups in total. The Hall–Kier alpha value is -2.41. The fourth-order valence-corrected chi connectivity index (χ4v) is 4.02. The molecule has 7 heteroatoms. The lowest BCUT2D eigenvalue weighted by atomic mass is 9.87. The van der Waals surface area contributed by atoms with Crippen LogP contribution in [0.1, 0.15) is 39.7 Å². The Kier molecular flexibility index (Phi) is 4.75. The second-order valence-electron chi connectivity index (χ2n) is 7.19. The molecule has 0 aliphatic rings. The molecule has 0 saturated heterocycles. The van der Waals surface area contributed by atoms with Gasteiger partial charge < -0.3 is 4.74 Å². The average molecular weight is 373 g/mol. The van der Waals surface area contributed by atoms with E-state index in [0.717, 1.165) is 16.1 Å². The van der Waals surface area contributed by atoms with Gasteiger partial charge in [-0.3, -0.25) is 0 Å². The molecule has 0 aliphatic carbocycles. The molecule has 1 heterocycles. The minimum absolute atomic E-state index is 0.106. The van der Waals surface area contributed by atoms with Crippen LogP contribution < -0.4 is 4.74 Å². The summed E-state index contributed by atoms with van der Waals surface area (Å²) in [6.07, 6.45) is 0.784. The van der Waals surface area contributed by atoms with E-state index in [9.17, 15) is 8.42 Å². The van der Waals surface area contributed by atoms with Crippen LogP contribution in [0.4, 0.5) is 0 Å². The molecule has 0 aliphatic heterocycles. The van der Waals surface area contributed by atoms with Crippen molar-refractivity contribution < 1.29 is 13.2 Å². The lowest BCUT2D eigenvalue weighted by Gasteiger charge is -2.21. The Bertz CT molecular complexity index is 1030. The number of fused-ring (bicyclic) bond motifs is 1. The van der Waals surface area contributed by atoms with Gasteiger partial charge in [0.15, 0.2) is 0 Å². The summed E-state index contributed by atoms with van der Waals surface area (Å²) in [5.74, 6) is 0.333. The van der Waals surface area contributed by atoms with Crippen LogP contribution in [0.5, 0.6) is 5.75 Å². The van der Waals surface area contributed by atoms with Crippen molar-refractivity contribution in [2.24, 2.45) is 0 Å². The third-order valence-corrected chi connectivity index (χ3v) is 5.70. The maximum absolute atomic E-state index is 13.4. The number of aromatic nitrogens is 3. The van der Waals surface area contributed by atoms with Crippen LogP contribution in [-0.4, -0.2) is 29.4 Å². The van der Waals surface area contributed by atoms with E-state index in [2.05, 4.69) is 10.3 Å². The topological polar surface area (TPSA) is 74.1 Å². The van der Waals surface area contributed by atoms with Gasteiger partial charge in [-0.25, -0.2) is 0 Å². The number of hydrogen-bond donors (Lipinski definition) is 0. The summed E-state index contributed by atoms with van der Waals surface area (Å²) >= 11 is 0. The van der Waals surface area contributed by atoms with Crippen molar-refractivity contribution in [1.82, 2.24) is 14.4 Å². The van der Waals surface area contributed by atoms with Gasteiger partial charge in [0.2, 0.25) is 0 Å². The molecule has 0 fully saturated rings. The lowest BCUT2D eigenvalue weighted by Crippen LogP contribution is -2.18. The fraction of sp³-hybridized carbons (Fsp3) is 0.368. The first kappa shape index (κ1) is 18.4. The van der Waals surface area contributed by atoms with E-state index >= 15 is 0 Å². The summed E-state index contributed by atoms with van der Waals surface area (Å²) in [6, 6.07) is 12.3. The molecule has 1 aromatic heterocycles. The summed E-state index contributed by atoms with van der Waals surface area (Å²) in [5.41, 5.74) is 1.68. The minimum atomic E-state index is -3.95. The second kappa shape index (κ2) is 6.72. The zero-order valence-corrected chi connectivity index (χ0v) is 16.2. The van der Waals surface area contributed by atoms with E-state index in [-0.39, 0.29) is 10.3 Å². The number of rotatable bonds is 5. The summed E-state index contributed by atoms with van der Waals surface area (Å²) in [7, 11) is -3.95. The maximum Gasteiger partial charge on any atom is 0.288 e. The Balaban J connectivity index is 2.21. The number of ether oxygens (including phenoxy) is 1. The van der Waals surface area contributed by atoms with Gasteiger partial charge in [-0.05, 0) is 41.7 Å². The van der Waals surface area contributed by atoms with Crippen molar-refractivity contribution >= 4 is 21.1 Å². The first-order valence-electron chi connectivity index (χ1n) is 8.58. The highest BCUT2D eigenvalue weighted by atomic mass is 32.2. The van der Waals surface area contributed by atoms with Gasteiger partial charge in [0.1, 0.15) is 21.7 Å². The average Bonchev–Trinajstić information content (AvgIpc) is 3.03. The number of para-hydroxylation sites is 1. The minimum Gasteiger partial charge on any atom is -0.492 e. The first-order valence-corrected chi connectivity index (χ1v) is 10.0. The predicted octanol–water partition coefficient (Wildman–Crippen LogP) is 3.75. The van der Waals surface area contributed by atoms with Crippen molar-refractivity contribution in [2.75, 3.05) is 6.61 Å². The largest absolute Gasteiger partial charge is 0.492 e. The molecule has 0 amide bonds. The molecule has 0 saturated carbocycles. The van der Waals surface area contributed by atoms with Gasteiger partial charge >= 0.3 is 0 Å². The van der Waals surface area contributed by atoms with Crippen molar-refractivity contribution in [3.8, 4) is 5.75 Å². The van der Waals surface area contributed by atoms with Gasteiger partial charge in [0.25, 0.3) is 10.0 Å². The normalized spacial score (nSPS) is 12.5. The number of hydrogen-bond acceptors (Lipinski definition) is 5. The van der Waals surface area contributed by atoms with E-state index in [4.69, 9.17) is 4.74 Å². The lowest BCUT2D eigenvalue weighted by molar-refractivity contribution is 0.308. The number of benzene rings is 2. The zero-order valence-electron chi connectivity index (χ0n) is 15.4. The molecule has 0 atom stereocenters. The molecular formula is C19H23N3O3S. The van der Waals surface area contributed by atoms with E-state index in [0.29, 0.717) is 23.4 Å². The second-order valence-corrected chi connectivity index (χ2v) is 8.92. The van der Waals surface area contributed by atoms with Crippen molar-refractivity contribution in [3.63, 3.8) is 0 Å². The Morgan fingerprint density at radius 2 is 1.85 bits per heavy atom. The molecule has 26 heavy (non-hydrogen) atoms. The molecule has 0 spiro atoms. The summed E-state index contributed by atoms with van der Waals surface area (Å²) in [4.78, 5) is 0.106. The summed E-state index contributed by atoms with van der Waals surface area (Å²) in [6.45, 7) is 8.53. The molecule has 6 nitrogen and oxygen atoms in total. The fourth-order valence-electron chi connectivity index (χ4n) is 2.63. The highest BCUT2D eigenvalue weighted by molar-refractivity contribution is 7.90. The highest BCUT2D eigenvalue weighted by Crippen LogP contribution is 2.32. The quantitative estimate of drug-likeness (QED) is 0.681. The smallest absolute Gasteiger partial charge is 0.288 e. The third-order valence-electron chi connectivity index (χ3n) is 4.10. The van der Waals surface area contributed by atoms with Crippen molar-refractivity contribution in [3.05, 3.63) is 48.0 Å². The number of nitrogens with zero attached hydrogens (tertiary/aromatic N) is 3. The Morgan fingerprint density at radius 3 is 2.54 bits per heavy atom. The van der Waals surface area contributed by atoms with E-state index in [1.807, 2.05) is 33.8 Å². The van der Waals surface area contributed by atoms with Crippen LogP contribution in [0, 0.1) is 0 Å². The zero-order chi connectivity index (χ0) is 18.9. The van der Waals surface area contributed by atoms with Gasteiger partial charge in [-0.1, -0.05) is 51.1 Å². The summed E-state index contributed by atoms with van der Waals surface area (Å²) in [5, 5.41) is 7.85. The Labute approximate surface area is 153 Å². The summed E-state index contributed by atoms with van der Waals surface area (Å²) < 4.78 is 33.4. The van der Waals surface area contributed by atoms with Crippen LogP contribution in [0.25, 0.3) is 11.0 Å².